The van der Waals surface area contributed by atoms with Gasteiger partial charge in [0.25, 0.3) is 0 Å². The molecule has 0 atom stereocenters. The number of hydrogen-bond acceptors (Lipinski definition) is 7. The van der Waals surface area contributed by atoms with E-state index in [1.807, 2.05) is 0 Å². The Labute approximate surface area is 163 Å². The van der Waals surface area contributed by atoms with Crippen LogP contribution in [0.15, 0.2) is 52.7 Å². The van der Waals surface area contributed by atoms with Crippen LogP contribution in [0.25, 0.3) is 0 Å². The largest absolute Gasteiger partial charge is 2.00 e. The number of nitrogens with two attached hydrogens (primary N) is 1. The molecule has 0 aliphatic heterocycles. The van der Waals surface area contributed by atoms with Crippen molar-refractivity contribution in [3.8, 4) is 11.5 Å². The van der Waals surface area contributed by atoms with Crippen LogP contribution >= 0.6 is 0 Å². The van der Waals surface area contributed by atoms with Crippen molar-refractivity contribution in [2.45, 2.75) is 6.92 Å². The van der Waals surface area contributed by atoms with E-state index in [1.54, 1.807) is 43.3 Å². The summed E-state index contributed by atoms with van der Waals surface area (Å²) in [5.41, 5.74) is 6.96. The van der Waals surface area contributed by atoms with E-state index >= 15 is 0 Å². The van der Waals surface area contributed by atoms with Crippen LogP contribution in [0.5, 0.6) is 11.5 Å². The predicted molar refractivity (Wildman–Crippen MR) is 88.7 cm³/mol. The molecule has 0 saturated carbocycles. The summed E-state index contributed by atoms with van der Waals surface area (Å²) in [6, 6.07) is 11.1. The molecule has 141 valence electrons. The van der Waals surface area contributed by atoms with Gasteiger partial charge in [0.05, 0.1) is 12.8 Å². The first-order valence-corrected chi connectivity index (χ1v) is 6.93. The molecule has 0 spiro atoms. The molecule has 0 unspecified atom stereocenters. The fraction of sp³-hybridized carbons (Fsp3) is 0.176. The Bertz CT molecular complexity index is 751. The SMILES string of the molecule is COc1ccc([O-])c(/C(C)=N/N=C(\[O-])c2ccccc2N)c1.C[O-].[O-2].[V]. The van der Waals surface area contributed by atoms with E-state index in [-0.39, 0.29) is 35.3 Å². The Balaban J connectivity index is 0. The first kappa shape index (κ1) is 25.7. The first-order chi connectivity index (χ1) is 11.5. The van der Waals surface area contributed by atoms with E-state index in [0.29, 0.717) is 22.7 Å². The van der Waals surface area contributed by atoms with Gasteiger partial charge < -0.3 is 31.3 Å². The Morgan fingerprint density at radius 2 is 1.65 bits per heavy atom. The second-order valence-electron chi connectivity index (χ2n) is 4.54. The van der Waals surface area contributed by atoms with E-state index in [2.05, 4.69) is 10.2 Å². The zero-order valence-corrected chi connectivity index (χ0v) is 15.9. The molecular weight excluding hydrogens is 377 g/mol. The van der Waals surface area contributed by atoms with Crippen LogP contribution in [-0.2, 0) is 24.0 Å². The number of hydrogen-bond donors (Lipinski definition) is 1. The zero-order valence-electron chi connectivity index (χ0n) is 14.5. The molecule has 0 fully saturated rings. The van der Waals surface area contributed by atoms with Crippen molar-refractivity contribution in [1.82, 2.24) is 0 Å². The third-order valence-corrected chi connectivity index (χ3v) is 3.06. The second kappa shape index (κ2) is 12.8. The molecule has 0 amide bonds. The first-order valence-electron chi connectivity index (χ1n) is 6.93. The average Bonchev–Trinajstić information content (AvgIpc) is 2.62. The minimum Gasteiger partial charge on any atom is -2.00 e. The summed E-state index contributed by atoms with van der Waals surface area (Å²) in [5.74, 6) is -0.250. The molecule has 0 saturated heterocycles. The summed E-state index contributed by atoms with van der Waals surface area (Å²) < 4.78 is 5.06. The molecule has 2 N–H and O–H groups in total. The summed E-state index contributed by atoms with van der Waals surface area (Å²) in [5, 5.41) is 39.5. The van der Waals surface area contributed by atoms with E-state index in [9.17, 15) is 10.2 Å². The van der Waals surface area contributed by atoms with Crippen molar-refractivity contribution < 1.29 is 44.1 Å². The summed E-state index contributed by atoms with van der Waals surface area (Å²) in [4.78, 5) is 0. The third-order valence-electron chi connectivity index (χ3n) is 3.06. The molecule has 2 rings (SSSR count). The van der Waals surface area contributed by atoms with Gasteiger partial charge in [0.1, 0.15) is 5.75 Å². The number of rotatable bonds is 4. The van der Waals surface area contributed by atoms with Crippen molar-refractivity contribution in [2.24, 2.45) is 10.2 Å². The smallest absolute Gasteiger partial charge is 0.119 e. The Hall–Kier alpha value is -2.52. The fourth-order valence-corrected chi connectivity index (χ4v) is 1.84. The number of methoxy groups -OCH3 is 1. The second-order valence-corrected chi connectivity index (χ2v) is 4.54. The van der Waals surface area contributed by atoms with Gasteiger partial charge in [-0.15, -0.1) is 0 Å². The van der Waals surface area contributed by atoms with Crippen molar-refractivity contribution >= 4 is 17.3 Å². The quantitative estimate of drug-likeness (QED) is 0.326. The summed E-state index contributed by atoms with van der Waals surface area (Å²) in [6.07, 6.45) is 0. The number of nitrogen functional groups attached to an aromatic ring is 1. The van der Waals surface area contributed by atoms with E-state index in [1.165, 1.54) is 13.2 Å². The minimum atomic E-state index is -0.562. The molecule has 0 aromatic heterocycles. The van der Waals surface area contributed by atoms with Crippen LogP contribution in [-0.4, -0.2) is 25.8 Å². The van der Waals surface area contributed by atoms with Crippen LogP contribution < -0.4 is 25.8 Å². The van der Waals surface area contributed by atoms with Gasteiger partial charge >= 0.3 is 0 Å². The molecule has 26 heavy (non-hydrogen) atoms. The Kier molecular flexibility index (Phi) is 12.7. The van der Waals surface area contributed by atoms with Gasteiger partial charge in [0.2, 0.25) is 0 Å². The topological polar surface area (TPSA) is 158 Å². The summed E-state index contributed by atoms with van der Waals surface area (Å²) in [6.45, 7) is 1.60. The van der Waals surface area contributed by atoms with Crippen molar-refractivity contribution in [2.75, 3.05) is 20.0 Å². The maximum atomic E-state index is 12.0. The molecule has 2 aromatic rings. The number of para-hydroxylation sites is 1. The van der Waals surface area contributed by atoms with Crippen molar-refractivity contribution in [3.63, 3.8) is 0 Å². The molecule has 0 aliphatic rings. The number of ether oxygens (including phenoxy) is 1. The van der Waals surface area contributed by atoms with Gasteiger partial charge in [-0.3, -0.25) is 0 Å². The van der Waals surface area contributed by atoms with E-state index in [0.717, 1.165) is 7.11 Å². The molecule has 9 heteroatoms. The molecule has 0 aliphatic carbocycles. The molecule has 2 aromatic carbocycles. The summed E-state index contributed by atoms with van der Waals surface area (Å²) in [7, 11) is 2.25. The molecule has 0 bridgehead atoms. The standard InChI is InChI=1S/C16H17N3O3.CH3O.O.V/c1-10(13-9-11(22-2)7-8-15(13)20)18-19-16(21)12-5-3-4-6-14(12)17;1-2;;/h3-9,20H,17H2,1-2H3,(H,19,21);1H3;;/q;-1;-2;/p-2/b18-10+;;;. The van der Waals surface area contributed by atoms with E-state index in [4.69, 9.17) is 15.6 Å². The van der Waals surface area contributed by atoms with Crippen LogP contribution in [0.2, 0.25) is 0 Å². The minimum absolute atomic E-state index is 0. The monoisotopic (exact) mass is 395 g/mol. The number of benzene rings is 2. The molecule has 8 nitrogen and oxygen atoms in total. The Morgan fingerprint density at radius 1 is 1.04 bits per heavy atom. The molecule has 0 heterocycles. The predicted octanol–water partition coefficient (Wildman–Crippen LogP) is -0.263. The summed E-state index contributed by atoms with van der Waals surface area (Å²) >= 11 is 0. The van der Waals surface area contributed by atoms with Gasteiger partial charge in [-0.1, -0.05) is 30.0 Å². The van der Waals surface area contributed by atoms with Crippen LogP contribution in [0.4, 0.5) is 5.69 Å². The van der Waals surface area contributed by atoms with Gasteiger partial charge in [0, 0.05) is 35.7 Å². The third kappa shape index (κ3) is 6.77. The van der Waals surface area contributed by atoms with Gasteiger partial charge in [-0.05, 0) is 30.7 Å². The average molecular weight is 395 g/mol. The van der Waals surface area contributed by atoms with Gasteiger partial charge in [-0.2, -0.15) is 17.3 Å². The van der Waals surface area contributed by atoms with Crippen LogP contribution in [0, 0.1) is 0 Å². The van der Waals surface area contributed by atoms with Crippen molar-refractivity contribution in [3.05, 3.63) is 53.6 Å². The van der Waals surface area contributed by atoms with Gasteiger partial charge in [0.15, 0.2) is 0 Å². The number of anilines is 1. The normalized spacial score (nSPS) is 10.6. The van der Waals surface area contributed by atoms with Gasteiger partial charge in [-0.25, -0.2) is 0 Å². The Morgan fingerprint density at radius 3 is 2.23 bits per heavy atom. The number of nitrogens with zero attached hydrogens (tertiary/aromatic N) is 2. The maximum absolute atomic E-state index is 12.0. The fourth-order valence-electron chi connectivity index (χ4n) is 1.84. The van der Waals surface area contributed by atoms with Crippen molar-refractivity contribution in [1.29, 1.82) is 0 Å². The maximum Gasteiger partial charge on any atom is 0.119 e. The molecule has 1 radical (unpaired) electrons. The zero-order chi connectivity index (χ0) is 18.1. The molecular formula is C17H18N3O5V-5. The van der Waals surface area contributed by atoms with E-state index < -0.39 is 5.90 Å². The van der Waals surface area contributed by atoms with Crippen LogP contribution in [0.3, 0.4) is 0 Å². The van der Waals surface area contributed by atoms with Crippen LogP contribution in [0.1, 0.15) is 18.1 Å².